The molecule has 1 unspecified atom stereocenters. The van der Waals surface area contributed by atoms with Crippen LogP contribution < -0.4 is 4.74 Å². The van der Waals surface area contributed by atoms with E-state index in [2.05, 4.69) is 28.9 Å². The van der Waals surface area contributed by atoms with E-state index < -0.39 is 0 Å². The fraction of sp³-hybridized carbons (Fsp3) is 0.562. The van der Waals surface area contributed by atoms with E-state index >= 15 is 0 Å². The Labute approximate surface area is 129 Å². The number of esters is 1. The highest BCUT2D eigenvalue weighted by Gasteiger charge is 2.16. The van der Waals surface area contributed by atoms with Crippen LogP contribution in [0.4, 0.5) is 0 Å². The quantitative estimate of drug-likeness (QED) is 0.384. The molecule has 1 aromatic carbocycles. The number of unbranched alkanes of at least 4 members (excludes halogenated alkanes) is 1. The highest BCUT2D eigenvalue weighted by atomic mass is 79.9. The summed E-state index contributed by atoms with van der Waals surface area (Å²) in [6, 6.07) is 7.98. The Morgan fingerprint density at radius 1 is 1.30 bits per heavy atom. The van der Waals surface area contributed by atoms with Crippen molar-refractivity contribution in [1.29, 1.82) is 0 Å². The van der Waals surface area contributed by atoms with Gasteiger partial charge in [-0.15, -0.1) is 0 Å². The molecule has 1 rings (SSSR count). The Hall–Kier alpha value is -1.03. The van der Waals surface area contributed by atoms with E-state index in [-0.39, 0.29) is 10.8 Å². The lowest BCUT2D eigenvalue weighted by Gasteiger charge is -2.11. The van der Waals surface area contributed by atoms with Crippen molar-refractivity contribution >= 4 is 21.9 Å². The Kier molecular flexibility index (Phi) is 8.35. The Morgan fingerprint density at radius 3 is 2.75 bits per heavy atom. The minimum atomic E-state index is -0.214. The van der Waals surface area contributed by atoms with Crippen molar-refractivity contribution in [3.8, 4) is 5.75 Å². The third-order valence-electron chi connectivity index (χ3n) is 3.09. The molecule has 0 aliphatic carbocycles. The van der Waals surface area contributed by atoms with Crippen LogP contribution in [-0.2, 0) is 16.0 Å². The van der Waals surface area contributed by atoms with Crippen LogP contribution in [0.2, 0.25) is 0 Å². The maximum absolute atomic E-state index is 11.7. The molecule has 1 aromatic rings. The number of carbonyl (C=O) groups is 1. The number of halogens is 1. The summed E-state index contributed by atoms with van der Waals surface area (Å²) < 4.78 is 10.5. The first-order chi connectivity index (χ1) is 9.69. The predicted molar refractivity (Wildman–Crippen MR) is 84.5 cm³/mol. The van der Waals surface area contributed by atoms with Crippen molar-refractivity contribution in [2.45, 2.75) is 43.9 Å². The summed E-state index contributed by atoms with van der Waals surface area (Å²) >= 11 is 3.40. The van der Waals surface area contributed by atoms with Gasteiger partial charge in [-0.1, -0.05) is 47.5 Å². The second-order valence-corrected chi connectivity index (χ2v) is 5.80. The molecule has 0 amide bonds. The monoisotopic (exact) mass is 342 g/mol. The second-order valence-electron chi connectivity index (χ2n) is 4.69. The fourth-order valence-corrected chi connectivity index (χ4v) is 2.36. The average molecular weight is 343 g/mol. The zero-order valence-electron chi connectivity index (χ0n) is 12.2. The van der Waals surface area contributed by atoms with Crippen molar-refractivity contribution < 1.29 is 14.3 Å². The summed E-state index contributed by atoms with van der Waals surface area (Å²) in [6.45, 7) is 2.59. The van der Waals surface area contributed by atoms with Crippen LogP contribution in [-0.4, -0.2) is 24.5 Å². The number of hydrogen-bond acceptors (Lipinski definition) is 3. The highest BCUT2D eigenvalue weighted by molar-refractivity contribution is 9.10. The molecule has 0 aliphatic rings. The van der Waals surface area contributed by atoms with Gasteiger partial charge in [0.2, 0.25) is 0 Å². The summed E-state index contributed by atoms with van der Waals surface area (Å²) in [5.41, 5.74) is 1.18. The number of carbonyl (C=O) groups excluding carboxylic acids is 1. The molecule has 0 bridgehead atoms. The number of methoxy groups -OCH3 is 1. The molecule has 112 valence electrons. The molecule has 1 atom stereocenters. The Balaban J connectivity index is 2.30. The lowest BCUT2D eigenvalue weighted by atomic mass is 10.1. The van der Waals surface area contributed by atoms with E-state index in [0.717, 1.165) is 37.9 Å². The highest BCUT2D eigenvalue weighted by Crippen LogP contribution is 2.21. The van der Waals surface area contributed by atoms with Crippen LogP contribution in [0, 0.1) is 0 Å². The van der Waals surface area contributed by atoms with Gasteiger partial charge in [0.15, 0.2) is 0 Å². The number of rotatable bonds is 9. The maximum atomic E-state index is 11.7. The van der Waals surface area contributed by atoms with Crippen molar-refractivity contribution in [3.63, 3.8) is 0 Å². The van der Waals surface area contributed by atoms with Crippen molar-refractivity contribution in [2.24, 2.45) is 0 Å². The normalized spacial score (nSPS) is 11.9. The minimum absolute atomic E-state index is 0.154. The first-order valence-corrected chi connectivity index (χ1v) is 8.03. The molecule has 4 heteroatoms. The van der Waals surface area contributed by atoms with Crippen molar-refractivity contribution in [2.75, 3.05) is 13.7 Å². The van der Waals surface area contributed by atoms with Crippen molar-refractivity contribution in [1.82, 2.24) is 0 Å². The van der Waals surface area contributed by atoms with E-state index in [0.29, 0.717) is 6.61 Å². The molecule has 0 spiro atoms. The number of aryl methyl sites for hydroxylation is 1. The van der Waals surface area contributed by atoms with Gasteiger partial charge in [-0.3, -0.25) is 4.79 Å². The molecule has 20 heavy (non-hydrogen) atoms. The SMILES string of the molecule is CCCCOC(=O)C(Br)CCCc1ccccc1OC. The first kappa shape index (κ1) is 17.0. The van der Waals surface area contributed by atoms with E-state index in [9.17, 15) is 4.79 Å². The van der Waals surface area contributed by atoms with Crippen LogP contribution in [0.5, 0.6) is 5.75 Å². The Bertz CT molecular complexity index is 406. The molecule has 0 heterocycles. The van der Waals surface area contributed by atoms with Gasteiger partial charge in [-0.25, -0.2) is 0 Å². The topological polar surface area (TPSA) is 35.5 Å². The minimum Gasteiger partial charge on any atom is -0.496 e. The third kappa shape index (κ3) is 5.95. The molecule has 3 nitrogen and oxygen atoms in total. The predicted octanol–water partition coefficient (Wildman–Crippen LogP) is 4.12. The third-order valence-corrected chi connectivity index (χ3v) is 3.93. The van der Waals surface area contributed by atoms with E-state index in [1.54, 1.807) is 7.11 Å². The standard InChI is InChI=1S/C16H23BrO3/c1-3-4-12-20-16(18)14(17)10-7-9-13-8-5-6-11-15(13)19-2/h5-6,8,11,14H,3-4,7,9-10,12H2,1-2H3. The van der Waals surface area contributed by atoms with Crippen LogP contribution >= 0.6 is 15.9 Å². The van der Waals surface area contributed by atoms with Crippen LogP contribution in [0.1, 0.15) is 38.2 Å². The number of hydrogen-bond donors (Lipinski definition) is 0. The first-order valence-electron chi connectivity index (χ1n) is 7.11. The zero-order valence-corrected chi connectivity index (χ0v) is 13.8. The lowest BCUT2D eigenvalue weighted by molar-refractivity contribution is -0.143. The Morgan fingerprint density at radius 2 is 2.05 bits per heavy atom. The van der Waals surface area contributed by atoms with Crippen LogP contribution in [0.25, 0.3) is 0 Å². The molecule has 0 radical (unpaired) electrons. The fourth-order valence-electron chi connectivity index (χ4n) is 1.91. The largest absolute Gasteiger partial charge is 0.496 e. The van der Waals surface area contributed by atoms with Gasteiger partial charge in [0.25, 0.3) is 0 Å². The zero-order chi connectivity index (χ0) is 14.8. The summed E-state index contributed by atoms with van der Waals surface area (Å²) in [5, 5.41) is 0. The number of ether oxygens (including phenoxy) is 2. The molecule has 0 N–H and O–H groups in total. The molecule has 0 aliphatic heterocycles. The summed E-state index contributed by atoms with van der Waals surface area (Å²) in [4.78, 5) is 11.5. The maximum Gasteiger partial charge on any atom is 0.319 e. The van der Waals surface area contributed by atoms with Gasteiger partial charge in [0.1, 0.15) is 10.6 Å². The van der Waals surface area contributed by atoms with Crippen molar-refractivity contribution in [3.05, 3.63) is 29.8 Å². The molecule has 0 saturated heterocycles. The molecule has 0 saturated carbocycles. The molecule has 0 fully saturated rings. The van der Waals surface area contributed by atoms with Crippen LogP contribution in [0.15, 0.2) is 24.3 Å². The number of alkyl halides is 1. The van der Waals surface area contributed by atoms with E-state index in [1.165, 1.54) is 5.56 Å². The van der Waals surface area contributed by atoms with Gasteiger partial charge < -0.3 is 9.47 Å². The van der Waals surface area contributed by atoms with Gasteiger partial charge in [0, 0.05) is 0 Å². The smallest absolute Gasteiger partial charge is 0.319 e. The molecular weight excluding hydrogens is 320 g/mol. The summed E-state index contributed by atoms with van der Waals surface area (Å²) in [6.07, 6.45) is 4.54. The lowest BCUT2D eigenvalue weighted by Crippen LogP contribution is -2.18. The van der Waals surface area contributed by atoms with Gasteiger partial charge >= 0.3 is 5.97 Å². The second kappa shape index (κ2) is 9.81. The van der Waals surface area contributed by atoms with Gasteiger partial charge in [-0.2, -0.15) is 0 Å². The molecular formula is C16H23BrO3. The number of benzene rings is 1. The summed E-state index contributed by atoms with van der Waals surface area (Å²) in [7, 11) is 1.68. The molecule has 0 aromatic heterocycles. The number of para-hydroxylation sites is 1. The van der Waals surface area contributed by atoms with E-state index in [4.69, 9.17) is 9.47 Å². The average Bonchev–Trinajstić information content (AvgIpc) is 2.47. The van der Waals surface area contributed by atoms with Gasteiger partial charge in [0.05, 0.1) is 13.7 Å². The van der Waals surface area contributed by atoms with Gasteiger partial charge in [-0.05, 0) is 37.3 Å². The van der Waals surface area contributed by atoms with E-state index in [1.807, 2.05) is 18.2 Å². The summed E-state index contributed by atoms with van der Waals surface area (Å²) in [5.74, 6) is 0.752. The van der Waals surface area contributed by atoms with Crippen LogP contribution in [0.3, 0.4) is 0 Å².